The van der Waals surface area contributed by atoms with E-state index in [1.807, 2.05) is 18.2 Å². The average Bonchev–Trinajstić information content (AvgIpc) is 2.66. The van der Waals surface area contributed by atoms with E-state index in [-0.39, 0.29) is 0 Å². The van der Waals surface area contributed by atoms with E-state index >= 15 is 0 Å². The number of fused-ring (bicyclic) bond motifs is 1. The highest BCUT2D eigenvalue weighted by Gasteiger charge is 2.10. The minimum atomic E-state index is 0.302. The van der Waals surface area contributed by atoms with Crippen LogP contribution in [0.3, 0.4) is 0 Å². The van der Waals surface area contributed by atoms with Gasteiger partial charge < -0.3 is 14.8 Å². The van der Waals surface area contributed by atoms with Gasteiger partial charge in [-0.25, -0.2) is 15.0 Å². The summed E-state index contributed by atoms with van der Waals surface area (Å²) in [5.74, 6) is 1.88. The lowest BCUT2D eigenvalue weighted by molar-refractivity contribution is 0.355. The van der Waals surface area contributed by atoms with Crippen LogP contribution in [-0.2, 0) is 0 Å². The molecule has 1 atom stereocenters. The molecule has 0 saturated heterocycles. The molecule has 3 rings (SSSR count). The highest BCUT2D eigenvalue weighted by atomic mass is 16.5. The molecule has 7 nitrogen and oxygen atoms in total. The summed E-state index contributed by atoms with van der Waals surface area (Å²) in [4.78, 5) is 17.8. The van der Waals surface area contributed by atoms with Crippen LogP contribution in [0.4, 0.5) is 5.95 Å². The zero-order valence-electron chi connectivity index (χ0n) is 14.8. The fourth-order valence-corrected chi connectivity index (χ4v) is 2.35. The van der Waals surface area contributed by atoms with Crippen LogP contribution in [-0.4, -0.2) is 40.2 Å². The second-order valence-corrected chi connectivity index (χ2v) is 5.68. The van der Waals surface area contributed by atoms with Crippen molar-refractivity contribution in [2.24, 2.45) is 0 Å². The molecule has 7 heteroatoms. The van der Waals surface area contributed by atoms with E-state index in [4.69, 9.17) is 9.47 Å². The molecule has 0 aliphatic heterocycles. The summed E-state index contributed by atoms with van der Waals surface area (Å²) >= 11 is 0. The molecule has 0 aliphatic carbocycles. The topological polar surface area (TPSA) is 82.1 Å². The molecule has 25 heavy (non-hydrogen) atoms. The van der Waals surface area contributed by atoms with Crippen LogP contribution in [0, 0.1) is 0 Å². The lowest BCUT2D eigenvalue weighted by atomic mass is 10.1. The summed E-state index contributed by atoms with van der Waals surface area (Å²) in [7, 11) is 3.21. The second-order valence-electron chi connectivity index (χ2n) is 5.68. The van der Waals surface area contributed by atoms with Crippen molar-refractivity contribution in [1.82, 2.24) is 19.9 Å². The lowest BCUT2D eigenvalue weighted by Gasteiger charge is -2.11. The van der Waals surface area contributed by atoms with E-state index in [1.54, 1.807) is 26.6 Å². The van der Waals surface area contributed by atoms with Gasteiger partial charge in [-0.3, -0.25) is 0 Å². The van der Waals surface area contributed by atoms with E-state index in [0.29, 0.717) is 34.7 Å². The van der Waals surface area contributed by atoms with E-state index in [9.17, 15) is 0 Å². The molecule has 130 valence electrons. The summed E-state index contributed by atoms with van der Waals surface area (Å²) in [6, 6.07) is 5.93. The standard InChI is InChI=1S/C18H21N5O2/c1-5-11(2)21-18-20-10-14-17(23-18)19-9-13(22-14)12-6-7-15(24-3)16(8-12)25-4/h6-11H,5H2,1-4H3,(H,19,20,21,23)/t11-/m0/s1. The molecule has 1 N–H and O–H groups in total. The minimum Gasteiger partial charge on any atom is -0.493 e. The first kappa shape index (κ1) is 16.9. The van der Waals surface area contributed by atoms with Crippen molar-refractivity contribution in [2.45, 2.75) is 26.3 Å². The molecule has 0 radical (unpaired) electrons. The maximum Gasteiger partial charge on any atom is 0.225 e. The Hall–Kier alpha value is -2.96. The van der Waals surface area contributed by atoms with Crippen molar-refractivity contribution in [3.05, 3.63) is 30.6 Å². The van der Waals surface area contributed by atoms with E-state index in [2.05, 4.69) is 39.1 Å². The zero-order valence-corrected chi connectivity index (χ0v) is 14.8. The van der Waals surface area contributed by atoms with Gasteiger partial charge in [0.15, 0.2) is 17.1 Å². The smallest absolute Gasteiger partial charge is 0.225 e. The van der Waals surface area contributed by atoms with Gasteiger partial charge in [-0.2, -0.15) is 4.98 Å². The molecule has 3 aromatic rings. The summed E-state index contributed by atoms with van der Waals surface area (Å²) in [6.45, 7) is 4.19. The van der Waals surface area contributed by atoms with Gasteiger partial charge in [0.2, 0.25) is 5.95 Å². The average molecular weight is 339 g/mol. The van der Waals surface area contributed by atoms with Gasteiger partial charge in [-0.1, -0.05) is 6.92 Å². The summed E-state index contributed by atoms with van der Waals surface area (Å²) < 4.78 is 10.6. The Kier molecular flexibility index (Phi) is 4.92. The van der Waals surface area contributed by atoms with Crippen molar-refractivity contribution < 1.29 is 9.47 Å². The number of benzene rings is 1. The van der Waals surface area contributed by atoms with Gasteiger partial charge >= 0.3 is 0 Å². The number of hydrogen-bond donors (Lipinski definition) is 1. The highest BCUT2D eigenvalue weighted by molar-refractivity contribution is 5.74. The van der Waals surface area contributed by atoms with E-state index < -0.39 is 0 Å². The number of nitrogens with zero attached hydrogens (tertiary/aromatic N) is 4. The molecule has 0 bridgehead atoms. The van der Waals surface area contributed by atoms with Crippen LogP contribution in [0.1, 0.15) is 20.3 Å². The Labute approximate surface area is 146 Å². The van der Waals surface area contributed by atoms with Crippen molar-refractivity contribution in [2.75, 3.05) is 19.5 Å². The Morgan fingerprint density at radius 3 is 2.56 bits per heavy atom. The van der Waals surface area contributed by atoms with Crippen molar-refractivity contribution in [3.63, 3.8) is 0 Å². The molecule has 0 spiro atoms. The third-order valence-corrected chi connectivity index (χ3v) is 3.97. The first-order valence-corrected chi connectivity index (χ1v) is 8.13. The van der Waals surface area contributed by atoms with Crippen molar-refractivity contribution >= 4 is 17.1 Å². The molecular formula is C18H21N5O2. The van der Waals surface area contributed by atoms with Gasteiger partial charge in [-0.15, -0.1) is 0 Å². The Bertz CT molecular complexity index is 884. The molecule has 0 unspecified atom stereocenters. The number of methoxy groups -OCH3 is 2. The third-order valence-electron chi connectivity index (χ3n) is 3.97. The Morgan fingerprint density at radius 2 is 1.84 bits per heavy atom. The zero-order chi connectivity index (χ0) is 17.8. The highest BCUT2D eigenvalue weighted by Crippen LogP contribution is 2.31. The van der Waals surface area contributed by atoms with Crippen LogP contribution in [0.5, 0.6) is 11.5 Å². The maximum atomic E-state index is 5.34. The minimum absolute atomic E-state index is 0.302. The number of anilines is 1. The van der Waals surface area contributed by atoms with Crippen molar-refractivity contribution in [1.29, 1.82) is 0 Å². The van der Waals surface area contributed by atoms with Gasteiger partial charge in [0.05, 0.1) is 32.3 Å². The number of hydrogen-bond acceptors (Lipinski definition) is 7. The van der Waals surface area contributed by atoms with E-state index in [1.165, 1.54) is 0 Å². The van der Waals surface area contributed by atoms with Crippen LogP contribution in [0.15, 0.2) is 30.6 Å². The maximum absolute atomic E-state index is 5.34. The van der Waals surface area contributed by atoms with Crippen LogP contribution < -0.4 is 14.8 Å². The molecule has 2 heterocycles. The number of nitrogens with one attached hydrogen (secondary N) is 1. The predicted molar refractivity (Wildman–Crippen MR) is 97.0 cm³/mol. The summed E-state index contributed by atoms with van der Waals surface area (Å²) in [6.07, 6.45) is 4.37. The monoisotopic (exact) mass is 339 g/mol. The molecule has 0 saturated carbocycles. The summed E-state index contributed by atoms with van der Waals surface area (Å²) in [5, 5.41) is 3.24. The number of aromatic nitrogens is 4. The molecule has 0 aliphatic rings. The quantitative estimate of drug-likeness (QED) is 0.737. The Balaban J connectivity index is 1.95. The largest absolute Gasteiger partial charge is 0.493 e. The summed E-state index contributed by atoms with van der Waals surface area (Å²) in [5.41, 5.74) is 2.81. The normalized spacial score (nSPS) is 12.0. The molecule has 2 aromatic heterocycles. The fraction of sp³-hybridized carbons (Fsp3) is 0.333. The molecule has 0 amide bonds. The number of ether oxygens (including phenoxy) is 2. The lowest BCUT2D eigenvalue weighted by Crippen LogP contribution is -2.15. The second kappa shape index (κ2) is 7.29. The number of rotatable bonds is 6. The van der Waals surface area contributed by atoms with Gasteiger partial charge in [-0.05, 0) is 31.5 Å². The Morgan fingerprint density at radius 1 is 1.04 bits per heavy atom. The molecule has 0 fully saturated rings. The molecular weight excluding hydrogens is 318 g/mol. The fourth-order valence-electron chi connectivity index (χ4n) is 2.35. The van der Waals surface area contributed by atoms with Gasteiger partial charge in [0.1, 0.15) is 5.52 Å². The van der Waals surface area contributed by atoms with Crippen LogP contribution in [0.2, 0.25) is 0 Å². The van der Waals surface area contributed by atoms with Gasteiger partial charge in [0.25, 0.3) is 0 Å². The third kappa shape index (κ3) is 3.60. The van der Waals surface area contributed by atoms with Crippen LogP contribution >= 0.6 is 0 Å². The first-order chi connectivity index (χ1) is 12.1. The SMILES string of the molecule is CC[C@H](C)Nc1ncc2nc(-c3ccc(OC)c(OC)c3)cnc2n1. The molecule has 1 aromatic carbocycles. The van der Waals surface area contributed by atoms with Gasteiger partial charge in [0, 0.05) is 11.6 Å². The predicted octanol–water partition coefficient (Wildman–Crippen LogP) is 3.31. The van der Waals surface area contributed by atoms with E-state index in [0.717, 1.165) is 17.7 Å². The first-order valence-electron chi connectivity index (χ1n) is 8.13. The van der Waals surface area contributed by atoms with Crippen molar-refractivity contribution in [3.8, 4) is 22.8 Å². The van der Waals surface area contributed by atoms with Crippen LogP contribution in [0.25, 0.3) is 22.4 Å².